The van der Waals surface area contributed by atoms with E-state index in [1.807, 2.05) is 6.07 Å². The summed E-state index contributed by atoms with van der Waals surface area (Å²) in [6.07, 6.45) is 3.39. The molecule has 0 amide bonds. The monoisotopic (exact) mass is 284 g/mol. The lowest BCUT2D eigenvalue weighted by Gasteiger charge is -2.08. The third kappa shape index (κ3) is 4.04. The van der Waals surface area contributed by atoms with Gasteiger partial charge in [-0.2, -0.15) is 4.98 Å². The highest BCUT2D eigenvalue weighted by molar-refractivity contribution is 5.90. The van der Waals surface area contributed by atoms with E-state index in [2.05, 4.69) is 31.9 Å². The average molecular weight is 284 g/mol. The van der Waals surface area contributed by atoms with Gasteiger partial charge in [0.25, 0.3) is 0 Å². The molecule has 2 aromatic rings. The first-order valence-electron chi connectivity index (χ1n) is 6.36. The third-order valence-corrected chi connectivity index (χ3v) is 2.62. The standard InChI is InChI=1S/C15H16N4O2/c1-3-8-16-13-7-9-17-15(19-13)18-12-6-4-5-11(10-12)14(20)21-2/h3-7,9-10H,1,8H2,2H3,(H2,16,17,18,19). The molecule has 0 saturated heterocycles. The van der Waals surface area contributed by atoms with Crippen molar-refractivity contribution in [3.8, 4) is 0 Å². The fraction of sp³-hybridized carbons (Fsp3) is 0.133. The summed E-state index contributed by atoms with van der Waals surface area (Å²) in [5.74, 6) is 0.739. The van der Waals surface area contributed by atoms with Gasteiger partial charge in [-0.05, 0) is 24.3 Å². The van der Waals surface area contributed by atoms with Gasteiger partial charge in [-0.3, -0.25) is 0 Å². The lowest BCUT2D eigenvalue weighted by molar-refractivity contribution is 0.0601. The molecular weight excluding hydrogens is 268 g/mol. The molecule has 6 nitrogen and oxygen atoms in total. The molecule has 2 N–H and O–H groups in total. The largest absolute Gasteiger partial charge is 0.465 e. The number of methoxy groups -OCH3 is 1. The zero-order valence-electron chi connectivity index (χ0n) is 11.7. The first-order chi connectivity index (χ1) is 10.2. The summed E-state index contributed by atoms with van der Waals surface area (Å²) in [6, 6.07) is 8.70. The number of ether oxygens (including phenoxy) is 1. The Bertz CT molecular complexity index is 643. The van der Waals surface area contributed by atoms with Crippen LogP contribution in [0.3, 0.4) is 0 Å². The molecule has 0 aliphatic carbocycles. The average Bonchev–Trinajstić information content (AvgIpc) is 2.53. The second-order valence-electron chi connectivity index (χ2n) is 4.13. The van der Waals surface area contributed by atoms with Crippen molar-refractivity contribution in [2.45, 2.75) is 0 Å². The van der Waals surface area contributed by atoms with Gasteiger partial charge in [0.05, 0.1) is 12.7 Å². The van der Waals surface area contributed by atoms with E-state index < -0.39 is 0 Å². The molecule has 0 saturated carbocycles. The molecule has 2 rings (SSSR count). The minimum atomic E-state index is -0.388. The van der Waals surface area contributed by atoms with E-state index >= 15 is 0 Å². The van der Waals surface area contributed by atoms with E-state index in [-0.39, 0.29) is 5.97 Å². The summed E-state index contributed by atoms with van der Waals surface area (Å²) in [5.41, 5.74) is 1.17. The fourth-order valence-electron chi connectivity index (χ4n) is 1.66. The van der Waals surface area contributed by atoms with Gasteiger partial charge < -0.3 is 15.4 Å². The number of benzene rings is 1. The van der Waals surface area contributed by atoms with Crippen LogP contribution in [0.25, 0.3) is 0 Å². The van der Waals surface area contributed by atoms with Crippen LogP contribution in [0.15, 0.2) is 49.2 Å². The highest BCUT2D eigenvalue weighted by Crippen LogP contribution is 2.16. The maximum atomic E-state index is 11.5. The van der Waals surface area contributed by atoms with Gasteiger partial charge in [0, 0.05) is 18.4 Å². The molecule has 108 valence electrons. The molecule has 0 aliphatic heterocycles. The van der Waals surface area contributed by atoms with Crippen molar-refractivity contribution in [3.05, 3.63) is 54.7 Å². The van der Waals surface area contributed by atoms with Crippen molar-refractivity contribution >= 4 is 23.4 Å². The van der Waals surface area contributed by atoms with E-state index in [9.17, 15) is 4.79 Å². The van der Waals surface area contributed by atoms with Crippen molar-refractivity contribution in [2.24, 2.45) is 0 Å². The summed E-state index contributed by atoms with van der Waals surface area (Å²) >= 11 is 0. The number of hydrogen-bond acceptors (Lipinski definition) is 6. The zero-order chi connectivity index (χ0) is 15.1. The van der Waals surface area contributed by atoms with Gasteiger partial charge in [0.2, 0.25) is 5.95 Å². The van der Waals surface area contributed by atoms with Gasteiger partial charge in [0.15, 0.2) is 0 Å². The molecule has 1 heterocycles. The summed E-state index contributed by atoms with van der Waals surface area (Å²) < 4.78 is 4.69. The molecule has 6 heteroatoms. The van der Waals surface area contributed by atoms with E-state index in [1.165, 1.54) is 7.11 Å². The van der Waals surface area contributed by atoms with Crippen LogP contribution in [-0.4, -0.2) is 29.6 Å². The SMILES string of the molecule is C=CCNc1ccnc(Nc2cccc(C(=O)OC)c2)n1. The number of nitrogens with one attached hydrogen (secondary N) is 2. The zero-order valence-corrected chi connectivity index (χ0v) is 11.7. The van der Waals surface area contributed by atoms with Gasteiger partial charge >= 0.3 is 5.97 Å². The summed E-state index contributed by atoms with van der Waals surface area (Å²) in [4.78, 5) is 19.9. The third-order valence-electron chi connectivity index (χ3n) is 2.62. The maximum Gasteiger partial charge on any atom is 0.337 e. The molecule has 21 heavy (non-hydrogen) atoms. The van der Waals surface area contributed by atoms with Crippen molar-refractivity contribution in [3.63, 3.8) is 0 Å². The number of aromatic nitrogens is 2. The Kier molecular flexibility index (Phi) is 4.87. The van der Waals surface area contributed by atoms with E-state index in [0.717, 1.165) is 0 Å². The Labute approximate surface area is 122 Å². The number of anilines is 3. The van der Waals surface area contributed by atoms with Gasteiger partial charge in [-0.25, -0.2) is 9.78 Å². The molecule has 1 aromatic heterocycles. The second-order valence-corrected chi connectivity index (χ2v) is 4.13. The highest BCUT2D eigenvalue weighted by Gasteiger charge is 2.06. The predicted octanol–water partition coefficient (Wildman–Crippen LogP) is 2.60. The van der Waals surface area contributed by atoms with Crippen molar-refractivity contribution in [1.82, 2.24) is 9.97 Å². The van der Waals surface area contributed by atoms with Crippen LogP contribution in [0, 0.1) is 0 Å². The maximum absolute atomic E-state index is 11.5. The van der Waals surface area contributed by atoms with Crippen LogP contribution in [0.4, 0.5) is 17.5 Å². The smallest absolute Gasteiger partial charge is 0.337 e. The number of nitrogens with zero attached hydrogens (tertiary/aromatic N) is 2. The van der Waals surface area contributed by atoms with Crippen LogP contribution < -0.4 is 10.6 Å². The van der Waals surface area contributed by atoms with Crippen LogP contribution in [-0.2, 0) is 4.74 Å². The molecular formula is C15H16N4O2. The van der Waals surface area contributed by atoms with Crippen molar-refractivity contribution in [2.75, 3.05) is 24.3 Å². The molecule has 0 atom stereocenters. The first-order valence-corrected chi connectivity index (χ1v) is 6.36. The quantitative estimate of drug-likeness (QED) is 0.627. The molecule has 0 spiro atoms. The molecule has 0 bridgehead atoms. The second kappa shape index (κ2) is 7.04. The van der Waals surface area contributed by atoms with Crippen LogP contribution in [0.1, 0.15) is 10.4 Å². The number of rotatable bonds is 6. The van der Waals surface area contributed by atoms with Gasteiger partial charge in [0.1, 0.15) is 5.82 Å². The van der Waals surface area contributed by atoms with E-state index in [4.69, 9.17) is 0 Å². The molecule has 0 aliphatic rings. The lowest BCUT2D eigenvalue weighted by Crippen LogP contribution is -2.05. The Morgan fingerprint density at radius 3 is 3.05 bits per heavy atom. The Morgan fingerprint density at radius 1 is 1.43 bits per heavy atom. The van der Waals surface area contributed by atoms with E-state index in [0.29, 0.717) is 29.6 Å². The topological polar surface area (TPSA) is 76.1 Å². The van der Waals surface area contributed by atoms with Gasteiger partial charge in [-0.1, -0.05) is 12.1 Å². The number of hydrogen-bond donors (Lipinski definition) is 2. The Balaban J connectivity index is 2.14. The Morgan fingerprint density at radius 2 is 2.29 bits per heavy atom. The predicted molar refractivity (Wildman–Crippen MR) is 81.8 cm³/mol. The van der Waals surface area contributed by atoms with Crippen LogP contribution in [0.5, 0.6) is 0 Å². The first kappa shape index (κ1) is 14.5. The van der Waals surface area contributed by atoms with E-state index in [1.54, 1.807) is 36.5 Å². The molecule has 0 fully saturated rings. The molecule has 0 unspecified atom stereocenters. The molecule has 1 aromatic carbocycles. The van der Waals surface area contributed by atoms with Crippen LogP contribution in [0.2, 0.25) is 0 Å². The van der Waals surface area contributed by atoms with Crippen LogP contribution >= 0.6 is 0 Å². The fourth-order valence-corrected chi connectivity index (χ4v) is 1.66. The van der Waals surface area contributed by atoms with Crippen molar-refractivity contribution < 1.29 is 9.53 Å². The lowest BCUT2D eigenvalue weighted by atomic mass is 10.2. The number of carbonyl (C=O) groups is 1. The number of esters is 1. The minimum Gasteiger partial charge on any atom is -0.465 e. The summed E-state index contributed by atoms with van der Waals surface area (Å²) in [6.45, 7) is 4.25. The Hall–Kier alpha value is -2.89. The normalized spacial score (nSPS) is 9.76. The number of carbonyl (C=O) groups excluding carboxylic acids is 1. The summed E-state index contributed by atoms with van der Waals surface area (Å²) in [5, 5.41) is 6.12. The van der Waals surface area contributed by atoms with Gasteiger partial charge in [-0.15, -0.1) is 6.58 Å². The molecule has 0 radical (unpaired) electrons. The highest BCUT2D eigenvalue weighted by atomic mass is 16.5. The summed E-state index contributed by atoms with van der Waals surface area (Å²) in [7, 11) is 1.35. The minimum absolute atomic E-state index is 0.388. The van der Waals surface area contributed by atoms with Crippen molar-refractivity contribution in [1.29, 1.82) is 0 Å².